The Morgan fingerprint density at radius 1 is 1.12 bits per heavy atom. The minimum absolute atomic E-state index is 0.169. The van der Waals surface area contributed by atoms with Crippen LogP contribution in [-0.4, -0.2) is 17.3 Å². The van der Waals surface area contributed by atoms with E-state index in [-0.39, 0.29) is 11.4 Å². The van der Waals surface area contributed by atoms with Crippen molar-refractivity contribution in [3.8, 4) is 0 Å². The zero-order chi connectivity index (χ0) is 11.1. The van der Waals surface area contributed by atoms with Gasteiger partial charge in [-0.15, -0.1) is 11.6 Å². The predicted octanol–water partition coefficient (Wildman–Crippen LogP) is 2.70. The summed E-state index contributed by atoms with van der Waals surface area (Å²) in [5, 5.41) is 3.35. The molecule has 3 fully saturated rings. The Kier molecular flexibility index (Phi) is 2.87. The summed E-state index contributed by atoms with van der Waals surface area (Å²) in [6.07, 6.45) is 8.36. The quantitative estimate of drug-likeness (QED) is 0.740. The van der Waals surface area contributed by atoms with E-state index in [1.165, 1.54) is 19.3 Å². The van der Waals surface area contributed by atoms with Gasteiger partial charge in [-0.1, -0.05) is 6.42 Å². The third kappa shape index (κ3) is 1.85. The van der Waals surface area contributed by atoms with Gasteiger partial charge in [-0.05, 0) is 50.4 Å². The van der Waals surface area contributed by atoms with Crippen molar-refractivity contribution in [2.24, 2.45) is 17.8 Å². The summed E-state index contributed by atoms with van der Waals surface area (Å²) in [4.78, 5) is 12.2. The topological polar surface area (TPSA) is 29.1 Å². The van der Waals surface area contributed by atoms with Crippen LogP contribution in [0.5, 0.6) is 0 Å². The smallest absolute Gasteiger partial charge is 0.223 e. The first-order chi connectivity index (χ1) is 7.74. The molecule has 1 amide bonds. The van der Waals surface area contributed by atoms with Gasteiger partial charge in [-0.3, -0.25) is 4.79 Å². The summed E-state index contributed by atoms with van der Waals surface area (Å²) in [6, 6.07) is 0.244. The van der Waals surface area contributed by atoms with Gasteiger partial charge < -0.3 is 5.32 Å². The third-order valence-electron chi connectivity index (χ3n) is 4.83. The highest BCUT2D eigenvalue weighted by Crippen LogP contribution is 2.48. The van der Waals surface area contributed by atoms with Gasteiger partial charge in [0.15, 0.2) is 0 Å². The summed E-state index contributed by atoms with van der Waals surface area (Å²) < 4.78 is 0. The second-order valence-corrected chi connectivity index (χ2v) is 6.40. The van der Waals surface area contributed by atoms with Crippen molar-refractivity contribution < 1.29 is 4.79 Å². The van der Waals surface area contributed by atoms with E-state index in [0.29, 0.717) is 17.7 Å². The van der Waals surface area contributed by atoms with E-state index in [9.17, 15) is 4.79 Å². The Labute approximate surface area is 102 Å². The molecule has 0 radical (unpaired) electrons. The fourth-order valence-corrected chi connectivity index (χ4v) is 4.28. The average molecular weight is 242 g/mol. The van der Waals surface area contributed by atoms with Gasteiger partial charge in [0.05, 0.1) is 5.38 Å². The van der Waals surface area contributed by atoms with E-state index in [1.807, 2.05) is 0 Å². The monoisotopic (exact) mass is 241 g/mol. The van der Waals surface area contributed by atoms with E-state index in [4.69, 9.17) is 11.6 Å². The molecule has 90 valence electrons. The van der Waals surface area contributed by atoms with E-state index >= 15 is 0 Å². The number of rotatable bonds is 2. The van der Waals surface area contributed by atoms with Gasteiger partial charge in [-0.25, -0.2) is 0 Å². The van der Waals surface area contributed by atoms with E-state index < -0.39 is 0 Å². The van der Waals surface area contributed by atoms with Crippen LogP contribution < -0.4 is 5.32 Å². The fourth-order valence-electron chi connectivity index (χ4n) is 3.93. The predicted molar refractivity (Wildman–Crippen MR) is 64.4 cm³/mol. The summed E-state index contributed by atoms with van der Waals surface area (Å²) in [5.74, 6) is 2.13. The number of carbonyl (C=O) groups is 1. The van der Waals surface area contributed by atoms with Crippen molar-refractivity contribution in [1.29, 1.82) is 0 Å². The SMILES string of the molecule is O=C(NC1CCCC1Cl)C1CC2CCC1C2. The molecule has 0 aliphatic heterocycles. The van der Waals surface area contributed by atoms with Crippen molar-refractivity contribution in [2.45, 2.75) is 56.4 Å². The number of carbonyl (C=O) groups excluding carboxylic acids is 1. The van der Waals surface area contributed by atoms with Gasteiger partial charge in [0, 0.05) is 12.0 Å². The first-order valence-corrected chi connectivity index (χ1v) is 7.12. The number of amides is 1. The van der Waals surface area contributed by atoms with Gasteiger partial charge in [-0.2, -0.15) is 0 Å². The molecule has 0 spiro atoms. The van der Waals surface area contributed by atoms with E-state index in [1.54, 1.807) is 0 Å². The van der Waals surface area contributed by atoms with E-state index in [0.717, 1.165) is 31.6 Å². The van der Waals surface area contributed by atoms with Gasteiger partial charge in [0.1, 0.15) is 0 Å². The maximum atomic E-state index is 12.2. The Bertz CT molecular complexity index is 294. The molecule has 3 heteroatoms. The number of hydrogen-bond acceptors (Lipinski definition) is 1. The lowest BCUT2D eigenvalue weighted by Crippen LogP contribution is -2.42. The van der Waals surface area contributed by atoms with Crippen molar-refractivity contribution >= 4 is 17.5 Å². The Morgan fingerprint density at radius 2 is 2.00 bits per heavy atom. The molecule has 0 aromatic heterocycles. The third-order valence-corrected chi connectivity index (χ3v) is 5.36. The van der Waals surface area contributed by atoms with Crippen LogP contribution in [0.4, 0.5) is 0 Å². The molecular formula is C13H20ClNO. The van der Waals surface area contributed by atoms with Crippen LogP contribution in [-0.2, 0) is 4.79 Å². The molecule has 3 saturated carbocycles. The Hall–Kier alpha value is -0.240. The summed E-state index contributed by atoms with van der Waals surface area (Å²) >= 11 is 6.19. The standard InChI is InChI=1S/C13H20ClNO/c14-11-2-1-3-12(11)15-13(16)10-7-8-4-5-9(10)6-8/h8-12H,1-7H2,(H,15,16). The molecule has 2 bridgehead atoms. The molecule has 0 aromatic rings. The number of fused-ring (bicyclic) bond motifs is 2. The van der Waals surface area contributed by atoms with Crippen LogP contribution >= 0.6 is 11.6 Å². The number of halogens is 1. The molecule has 0 aromatic carbocycles. The molecule has 0 heterocycles. The van der Waals surface area contributed by atoms with Crippen LogP contribution in [0.15, 0.2) is 0 Å². The van der Waals surface area contributed by atoms with Crippen LogP contribution in [0.2, 0.25) is 0 Å². The molecule has 5 atom stereocenters. The molecule has 1 N–H and O–H groups in total. The van der Waals surface area contributed by atoms with Crippen molar-refractivity contribution in [2.75, 3.05) is 0 Å². The van der Waals surface area contributed by atoms with Crippen LogP contribution in [0.25, 0.3) is 0 Å². The normalized spacial score (nSPS) is 46.2. The average Bonchev–Trinajstić information content (AvgIpc) is 2.95. The summed E-state index contributed by atoms with van der Waals surface area (Å²) in [6.45, 7) is 0. The largest absolute Gasteiger partial charge is 0.352 e. The minimum atomic E-state index is 0.169. The molecule has 3 rings (SSSR count). The lowest BCUT2D eigenvalue weighted by atomic mass is 9.88. The van der Waals surface area contributed by atoms with Gasteiger partial charge >= 0.3 is 0 Å². The molecule has 16 heavy (non-hydrogen) atoms. The van der Waals surface area contributed by atoms with Crippen LogP contribution in [0, 0.1) is 17.8 Å². The second-order valence-electron chi connectivity index (χ2n) is 5.84. The number of nitrogens with one attached hydrogen (secondary N) is 1. The maximum absolute atomic E-state index is 12.2. The Morgan fingerprint density at radius 3 is 2.56 bits per heavy atom. The van der Waals surface area contributed by atoms with Gasteiger partial charge in [0.25, 0.3) is 0 Å². The highest BCUT2D eigenvalue weighted by molar-refractivity contribution is 6.21. The van der Waals surface area contributed by atoms with Crippen LogP contribution in [0.3, 0.4) is 0 Å². The minimum Gasteiger partial charge on any atom is -0.352 e. The van der Waals surface area contributed by atoms with Crippen molar-refractivity contribution in [3.05, 3.63) is 0 Å². The maximum Gasteiger partial charge on any atom is 0.223 e. The molecule has 0 saturated heterocycles. The summed E-state index contributed by atoms with van der Waals surface area (Å²) in [7, 11) is 0. The lowest BCUT2D eigenvalue weighted by Gasteiger charge is -2.24. The molecule has 2 nitrogen and oxygen atoms in total. The highest BCUT2D eigenvalue weighted by Gasteiger charge is 2.43. The lowest BCUT2D eigenvalue weighted by molar-refractivity contribution is -0.127. The highest BCUT2D eigenvalue weighted by atomic mass is 35.5. The van der Waals surface area contributed by atoms with Crippen LogP contribution in [0.1, 0.15) is 44.9 Å². The van der Waals surface area contributed by atoms with Crippen molar-refractivity contribution in [1.82, 2.24) is 5.32 Å². The molecule has 3 aliphatic carbocycles. The molecular weight excluding hydrogens is 222 g/mol. The zero-order valence-corrected chi connectivity index (χ0v) is 10.4. The first kappa shape index (κ1) is 10.9. The first-order valence-electron chi connectivity index (χ1n) is 6.68. The zero-order valence-electron chi connectivity index (χ0n) is 9.62. The number of alkyl halides is 1. The molecule has 5 unspecified atom stereocenters. The fraction of sp³-hybridized carbons (Fsp3) is 0.923. The van der Waals surface area contributed by atoms with Crippen molar-refractivity contribution in [3.63, 3.8) is 0 Å². The molecule has 3 aliphatic rings. The number of hydrogen-bond donors (Lipinski definition) is 1. The van der Waals surface area contributed by atoms with Gasteiger partial charge in [0.2, 0.25) is 5.91 Å². The Balaban J connectivity index is 1.57. The van der Waals surface area contributed by atoms with E-state index in [2.05, 4.69) is 5.32 Å². The second kappa shape index (κ2) is 4.21. The summed E-state index contributed by atoms with van der Waals surface area (Å²) in [5.41, 5.74) is 0.